The Labute approximate surface area is 169 Å². The molecule has 1 aromatic heterocycles. The van der Waals surface area contributed by atoms with Gasteiger partial charge in [0.2, 0.25) is 0 Å². The molecule has 0 aliphatic heterocycles. The number of carbonyl (C=O) groups is 1. The first kappa shape index (κ1) is 20.7. The van der Waals surface area contributed by atoms with Crippen LogP contribution in [0.5, 0.6) is 5.75 Å². The van der Waals surface area contributed by atoms with E-state index in [0.29, 0.717) is 17.0 Å². The fourth-order valence-corrected chi connectivity index (χ4v) is 2.40. The second kappa shape index (κ2) is 8.55. The number of carbonyl (C=O) groups excluding carboxylic acids is 1. The molecule has 11 heteroatoms. The van der Waals surface area contributed by atoms with Crippen LogP contribution >= 0.6 is 0 Å². The molecule has 156 valence electrons. The van der Waals surface area contributed by atoms with E-state index < -0.39 is 17.6 Å². The van der Waals surface area contributed by atoms with Gasteiger partial charge in [-0.2, -0.15) is 13.2 Å². The summed E-state index contributed by atoms with van der Waals surface area (Å²) in [6.07, 6.45) is -3.24. The number of benzene rings is 2. The minimum atomic E-state index is -4.42. The van der Waals surface area contributed by atoms with Crippen molar-refractivity contribution in [2.75, 3.05) is 23.6 Å². The third-order valence-corrected chi connectivity index (χ3v) is 4.01. The molecule has 0 bridgehead atoms. The highest BCUT2D eigenvalue weighted by Gasteiger charge is 2.30. The van der Waals surface area contributed by atoms with Gasteiger partial charge in [-0.15, -0.1) is 0 Å². The quantitative estimate of drug-likeness (QED) is 0.453. The zero-order chi connectivity index (χ0) is 21.7. The van der Waals surface area contributed by atoms with E-state index in [1.807, 2.05) is 0 Å². The van der Waals surface area contributed by atoms with Gasteiger partial charge in [0, 0.05) is 11.3 Å². The fourth-order valence-electron chi connectivity index (χ4n) is 2.40. The van der Waals surface area contributed by atoms with Crippen molar-refractivity contribution in [2.24, 2.45) is 0 Å². The van der Waals surface area contributed by atoms with Crippen LogP contribution in [0.25, 0.3) is 0 Å². The van der Waals surface area contributed by atoms with Gasteiger partial charge in [-0.3, -0.25) is 15.6 Å². The zero-order valence-corrected chi connectivity index (χ0v) is 15.6. The van der Waals surface area contributed by atoms with Crippen LogP contribution in [0.4, 0.5) is 36.2 Å². The molecule has 0 aliphatic carbocycles. The van der Waals surface area contributed by atoms with Gasteiger partial charge in [0.15, 0.2) is 11.6 Å². The summed E-state index contributed by atoms with van der Waals surface area (Å²) in [5.74, 6) is 0.443. The Morgan fingerprint density at radius 3 is 2.23 bits per heavy atom. The third kappa shape index (κ3) is 4.87. The number of nitrogen functional groups attached to an aromatic ring is 1. The lowest BCUT2D eigenvalue weighted by Gasteiger charge is -2.14. The topological polar surface area (TPSA) is 114 Å². The maximum absolute atomic E-state index is 12.7. The standard InChI is InChI=1S/C19H17F3N6O2/c1-30-14-8-2-11(3-9-14)18(29)28-27-17-15(23)16(24-10-25-17)26-13-6-4-12(5-7-13)19(20,21)22/h2-10H,23H2,1H3,(H,28,29)(H2,24,25,26,27). The van der Waals surface area contributed by atoms with Gasteiger partial charge in [0.1, 0.15) is 17.8 Å². The summed E-state index contributed by atoms with van der Waals surface area (Å²) in [4.78, 5) is 20.1. The van der Waals surface area contributed by atoms with Gasteiger partial charge < -0.3 is 15.8 Å². The highest BCUT2D eigenvalue weighted by Crippen LogP contribution is 2.31. The minimum Gasteiger partial charge on any atom is -0.497 e. The molecule has 0 spiro atoms. The molecule has 0 saturated carbocycles. The predicted molar refractivity (Wildman–Crippen MR) is 105 cm³/mol. The number of aromatic nitrogens is 2. The molecule has 0 fully saturated rings. The minimum absolute atomic E-state index is 0.0624. The molecule has 5 N–H and O–H groups in total. The van der Waals surface area contributed by atoms with Crippen molar-refractivity contribution in [1.82, 2.24) is 15.4 Å². The Kier molecular flexibility index (Phi) is 5.90. The number of amides is 1. The van der Waals surface area contributed by atoms with Crippen molar-refractivity contribution >= 4 is 28.9 Å². The molecule has 8 nitrogen and oxygen atoms in total. The molecule has 0 atom stereocenters. The first-order chi connectivity index (χ1) is 14.3. The number of ether oxygens (including phenoxy) is 1. The number of hydrogen-bond donors (Lipinski definition) is 4. The summed E-state index contributed by atoms with van der Waals surface area (Å²) < 4.78 is 43.0. The van der Waals surface area contributed by atoms with Crippen molar-refractivity contribution < 1.29 is 22.7 Å². The lowest BCUT2D eigenvalue weighted by atomic mass is 10.2. The summed E-state index contributed by atoms with van der Waals surface area (Å²) in [5, 5.41) is 2.81. The molecule has 0 radical (unpaired) electrons. The van der Waals surface area contributed by atoms with Crippen LogP contribution in [-0.2, 0) is 6.18 Å². The number of rotatable bonds is 6. The number of halogens is 3. The summed E-state index contributed by atoms with van der Waals surface area (Å²) in [6, 6.07) is 10.8. The monoisotopic (exact) mass is 418 g/mol. The maximum Gasteiger partial charge on any atom is 0.416 e. The van der Waals surface area contributed by atoms with Crippen molar-refractivity contribution in [3.05, 3.63) is 66.0 Å². The molecule has 1 heterocycles. The van der Waals surface area contributed by atoms with E-state index in [0.717, 1.165) is 12.1 Å². The first-order valence-corrected chi connectivity index (χ1v) is 8.53. The molecule has 1 amide bonds. The Balaban J connectivity index is 1.67. The van der Waals surface area contributed by atoms with Gasteiger partial charge in [-0.1, -0.05) is 0 Å². The average Bonchev–Trinajstić information content (AvgIpc) is 2.74. The van der Waals surface area contributed by atoms with E-state index in [1.54, 1.807) is 24.3 Å². The normalized spacial score (nSPS) is 10.9. The van der Waals surface area contributed by atoms with Crippen LogP contribution in [0.15, 0.2) is 54.9 Å². The van der Waals surface area contributed by atoms with E-state index in [4.69, 9.17) is 10.5 Å². The van der Waals surface area contributed by atoms with Gasteiger partial charge in [0.25, 0.3) is 5.91 Å². The number of hydrogen-bond acceptors (Lipinski definition) is 7. The van der Waals surface area contributed by atoms with Crippen molar-refractivity contribution in [1.29, 1.82) is 0 Å². The Morgan fingerprint density at radius 1 is 1.00 bits per heavy atom. The highest BCUT2D eigenvalue weighted by atomic mass is 19.4. The molecule has 2 aromatic carbocycles. The molecular formula is C19H17F3N6O2. The van der Waals surface area contributed by atoms with Crippen LogP contribution in [0.2, 0.25) is 0 Å². The number of anilines is 4. The third-order valence-electron chi connectivity index (χ3n) is 4.01. The van der Waals surface area contributed by atoms with Crippen LogP contribution in [0, 0.1) is 0 Å². The van der Waals surface area contributed by atoms with Gasteiger partial charge in [-0.05, 0) is 48.5 Å². The predicted octanol–water partition coefficient (Wildman–Crippen LogP) is 3.59. The van der Waals surface area contributed by atoms with E-state index in [1.165, 1.54) is 25.6 Å². The smallest absolute Gasteiger partial charge is 0.416 e. The van der Waals surface area contributed by atoms with Crippen LogP contribution in [0.3, 0.4) is 0 Å². The van der Waals surface area contributed by atoms with Crippen LogP contribution in [-0.4, -0.2) is 23.0 Å². The Bertz CT molecular complexity index is 1020. The molecular weight excluding hydrogens is 401 g/mol. The van der Waals surface area contributed by atoms with Gasteiger partial charge in [0.05, 0.1) is 12.7 Å². The SMILES string of the molecule is COc1ccc(C(=O)NNc2ncnc(Nc3ccc(C(F)(F)F)cc3)c2N)cc1. The lowest BCUT2D eigenvalue weighted by Crippen LogP contribution is -2.30. The fraction of sp³-hybridized carbons (Fsp3) is 0.105. The summed E-state index contributed by atoms with van der Waals surface area (Å²) in [6.45, 7) is 0. The van der Waals surface area contributed by atoms with Crippen molar-refractivity contribution in [3.8, 4) is 5.75 Å². The molecule has 0 saturated heterocycles. The van der Waals surface area contributed by atoms with E-state index in [2.05, 4.69) is 26.1 Å². The van der Waals surface area contributed by atoms with E-state index >= 15 is 0 Å². The number of nitrogens with two attached hydrogens (primary N) is 1. The van der Waals surface area contributed by atoms with Crippen molar-refractivity contribution in [2.45, 2.75) is 6.18 Å². The number of methoxy groups -OCH3 is 1. The average molecular weight is 418 g/mol. The van der Waals surface area contributed by atoms with Crippen LogP contribution in [0.1, 0.15) is 15.9 Å². The molecule has 0 unspecified atom stereocenters. The summed E-state index contributed by atoms with van der Waals surface area (Å²) in [7, 11) is 1.52. The number of hydrazine groups is 1. The molecule has 0 aliphatic rings. The number of nitrogens with one attached hydrogen (secondary N) is 3. The molecule has 3 aromatic rings. The first-order valence-electron chi connectivity index (χ1n) is 8.53. The maximum atomic E-state index is 12.7. The largest absolute Gasteiger partial charge is 0.497 e. The van der Waals surface area contributed by atoms with Crippen molar-refractivity contribution in [3.63, 3.8) is 0 Å². The number of alkyl halides is 3. The summed E-state index contributed by atoms with van der Waals surface area (Å²) in [5.41, 5.74) is 11.1. The second-order valence-corrected chi connectivity index (χ2v) is 5.99. The Hall–Kier alpha value is -4.02. The Morgan fingerprint density at radius 2 is 1.63 bits per heavy atom. The summed E-state index contributed by atoms with van der Waals surface area (Å²) >= 11 is 0. The second-order valence-electron chi connectivity index (χ2n) is 5.99. The molecule has 3 rings (SSSR count). The molecule has 30 heavy (non-hydrogen) atoms. The zero-order valence-electron chi connectivity index (χ0n) is 15.6. The number of nitrogens with zero attached hydrogens (tertiary/aromatic N) is 2. The van der Waals surface area contributed by atoms with E-state index in [9.17, 15) is 18.0 Å². The lowest BCUT2D eigenvalue weighted by molar-refractivity contribution is -0.137. The highest BCUT2D eigenvalue weighted by molar-refractivity contribution is 5.95. The van der Waals surface area contributed by atoms with Crippen LogP contribution < -0.4 is 26.6 Å². The van der Waals surface area contributed by atoms with Gasteiger partial charge >= 0.3 is 6.18 Å². The van der Waals surface area contributed by atoms with E-state index in [-0.39, 0.29) is 17.3 Å². The van der Waals surface area contributed by atoms with Gasteiger partial charge in [-0.25, -0.2) is 9.97 Å².